The van der Waals surface area contributed by atoms with Gasteiger partial charge >= 0.3 is 5.97 Å². The van der Waals surface area contributed by atoms with Crippen LogP contribution in [-0.4, -0.2) is 30.2 Å². The van der Waals surface area contributed by atoms with Crippen molar-refractivity contribution in [1.82, 2.24) is 5.32 Å². The highest BCUT2D eigenvalue weighted by Crippen LogP contribution is 2.38. The van der Waals surface area contributed by atoms with Crippen molar-refractivity contribution in [3.05, 3.63) is 44.8 Å². The topological polar surface area (TPSA) is 76.7 Å². The molecule has 0 atom stereocenters. The Hall–Kier alpha value is -2.16. The smallest absolute Gasteiger partial charge is 0.341 e. The molecule has 1 heterocycles. The molecule has 6 nitrogen and oxygen atoms in total. The molecular weight excluding hydrogens is 444 g/mol. The van der Waals surface area contributed by atoms with Gasteiger partial charge in [-0.1, -0.05) is 11.6 Å². The minimum Gasteiger partial charge on any atom is -0.483 e. The van der Waals surface area contributed by atoms with Crippen LogP contribution >= 0.6 is 35.2 Å². The Morgan fingerprint density at radius 2 is 2.03 bits per heavy atom. The van der Waals surface area contributed by atoms with E-state index in [-0.39, 0.29) is 17.7 Å². The fraction of sp³-hybridized carbons (Fsp3) is 0.381. The van der Waals surface area contributed by atoms with Crippen molar-refractivity contribution < 1.29 is 19.1 Å². The maximum atomic E-state index is 12.5. The molecule has 9 heteroatoms. The predicted octanol–water partition coefficient (Wildman–Crippen LogP) is 4.66. The van der Waals surface area contributed by atoms with Crippen LogP contribution in [0, 0.1) is 6.92 Å². The SMILES string of the molecule is CCOC(=O)c1c(NC(=S)NC(=O)COc2ccc(Cl)cc2C)sc2c1CCCC2. The van der Waals surface area contributed by atoms with Crippen LogP contribution in [0.3, 0.4) is 0 Å². The number of aryl methyl sites for hydroxylation is 2. The van der Waals surface area contributed by atoms with Crippen molar-refractivity contribution >= 4 is 57.1 Å². The number of thiocarbonyl (C=S) groups is 1. The van der Waals surface area contributed by atoms with E-state index in [9.17, 15) is 9.59 Å². The van der Waals surface area contributed by atoms with Gasteiger partial charge in [0, 0.05) is 9.90 Å². The summed E-state index contributed by atoms with van der Waals surface area (Å²) in [6, 6.07) is 5.17. The number of amides is 1. The van der Waals surface area contributed by atoms with E-state index >= 15 is 0 Å². The third-order valence-electron chi connectivity index (χ3n) is 4.63. The van der Waals surface area contributed by atoms with Crippen molar-refractivity contribution in [2.24, 2.45) is 0 Å². The van der Waals surface area contributed by atoms with Gasteiger partial charge in [-0.25, -0.2) is 4.79 Å². The van der Waals surface area contributed by atoms with E-state index in [0.717, 1.165) is 36.8 Å². The molecule has 1 aliphatic carbocycles. The molecule has 0 saturated carbocycles. The number of rotatable bonds is 6. The molecule has 0 radical (unpaired) electrons. The van der Waals surface area contributed by atoms with Crippen LogP contribution in [0.15, 0.2) is 18.2 Å². The van der Waals surface area contributed by atoms with E-state index < -0.39 is 5.91 Å². The molecule has 0 saturated heterocycles. The normalized spacial score (nSPS) is 12.6. The number of thiophene rings is 1. The minimum absolute atomic E-state index is 0.112. The van der Waals surface area contributed by atoms with Crippen molar-refractivity contribution in [3.63, 3.8) is 0 Å². The lowest BCUT2D eigenvalue weighted by atomic mass is 9.95. The second-order valence-corrected chi connectivity index (χ2v) is 8.79. The predicted molar refractivity (Wildman–Crippen MR) is 123 cm³/mol. The lowest BCUT2D eigenvalue weighted by Gasteiger charge is -2.13. The van der Waals surface area contributed by atoms with Crippen molar-refractivity contribution in [2.75, 3.05) is 18.5 Å². The molecule has 160 valence electrons. The second kappa shape index (κ2) is 10.2. The van der Waals surface area contributed by atoms with E-state index in [4.69, 9.17) is 33.3 Å². The van der Waals surface area contributed by atoms with Crippen LogP contribution in [0.25, 0.3) is 0 Å². The van der Waals surface area contributed by atoms with Gasteiger partial charge in [-0.05, 0) is 81.1 Å². The Morgan fingerprint density at radius 3 is 2.77 bits per heavy atom. The highest BCUT2D eigenvalue weighted by molar-refractivity contribution is 7.80. The highest BCUT2D eigenvalue weighted by atomic mass is 35.5. The Bertz CT molecular complexity index is 974. The summed E-state index contributed by atoms with van der Waals surface area (Å²) in [7, 11) is 0. The number of benzene rings is 1. The molecular formula is C21H23ClN2O4S2. The maximum absolute atomic E-state index is 12.5. The third-order valence-corrected chi connectivity index (χ3v) is 6.27. The lowest BCUT2D eigenvalue weighted by Crippen LogP contribution is -2.37. The first-order valence-electron chi connectivity index (χ1n) is 9.70. The quantitative estimate of drug-likeness (QED) is 0.476. The average Bonchev–Trinajstić information content (AvgIpc) is 3.05. The summed E-state index contributed by atoms with van der Waals surface area (Å²) in [5, 5.41) is 6.92. The zero-order valence-electron chi connectivity index (χ0n) is 16.8. The van der Waals surface area contributed by atoms with Gasteiger partial charge in [0.2, 0.25) is 0 Å². The molecule has 0 spiro atoms. The summed E-state index contributed by atoms with van der Waals surface area (Å²) in [6.45, 7) is 3.72. The van der Waals surface area contributed by atoms with Crippen LogP contribution in [0.4, 0.5) is 5.00 Å². The average molecular weight is 467 g/mol. The van der Waals surface area contributed by atoms with E-state index in [0.29, 0.717) is 27.9 Å². The second-order valence-electron chi connectivity index (χ2n) is 6.84. The Labute approximate surface area is 189 Å². The fourth-order valence-corrected chi connectivity index (χ4v) is 5.08. The lowest BCUT2D eigenvalue weighted by molar-refractivity contribution is -0.121. The summed E-state index contributed by atoms with van der Waals surface area (Å²) in [4.78, 5) is 25.9. The number of halogens is 1. The molecule has 1 aliphatic rings. The van der Waals surface area contributed by atoms with E-state index in [1.54, 1.807) is 25.1 Å². The van der Waals surface area contributed by atoms with E-state index in [1.807, 2.05) is 6.92 Å². The summed E-state index contributed by atoms with van der Waals surface area (Å²) in [5.41, 5.74) is 2.39. The number of carbonyl (C=O) groups excluding carboxylic acids is 2. The number of hydrogen-bond donors (Lipinski definition) is 2. The molecule has 1 aromatic carbocycles. The third kappa shape index (κ3) is 5.50. The van der Waals surface area contributed by atoms with Crippen LogP contribution in [0.1, 0.15) is 46.1 Å². The molecule has 3 rings (SSSR count). The Morgan fingerprint density at radius 1 is 1.27 bits per heavy atom. The maximum Gasteiger partial charge on any atom is 0.341 e. The molecule has 30 heavy (non-hydrogen) atoms. The number of fused-ring (bicyclic) bond motifs is 1. The monoisotopic (exact) mass is 466 g/mol. The molecule has 0 unspecified atom stereocenters. The number of esters is 1. The summed E-state index contributed by atoms with van der Waals surface area (Å²) in [5.74, 6) is -0.195. The number of carbonyl (C=O) groups is 2. The zero-order valence-corrected chi connectivity index (χ0v) is 19.2. The number of hydrogen-bond acceptors (Lipinski definition) is 6. The first kappa shape index (κ1) is 22.5. The van der Waals surface area contributed by atoms with Gasteiger partial charge in [0.1, 0.15) is 10.8 Å². The zero-order chi connectivity index (χ0) is 21.7. The molecule has 1 aromatic heterocycles. The molecule has 2 N–H and O–H groups in total. The van der Waals surface area contributed by atoms with Gasteiger partial charge in [-0.3, -0.25) is 10.1 Å². The Kier molecular flexibility index (Phi) is 7.69. The molecule has 1 amide bonds. The number of nitrogens with one attached hydrogen (secondary N) is 2. The summed E-state index contributed by atoms with van der Waals surface area (Å²) in [6.07, 6.45) is 3.91. The van der Waals surface area contributed by atoms with Crippen molar-refractivity contribution in [2.45, 2.75) is 39.5 Å². The van der Waals surface area contributed by atoms with Gasteiger partial charge in [0.25, 0.3) is 5.91 Å². The highest BCUT2D eigenvalue weighted by Gasteiger charge is 2.27. The van der Waals surface area contributed by atoms with Crippen LogP contribution in [0.2, 0.25) is 5.02 Å². The summed E-state index contributed by atoms with van der Waals surface area (Å²) < 4.78 is 10.8. The first-order valence-corrected chi connectivity index (χ1v) is 11.3. The first-order chi connectivity index (χ1) is 14.4. The van der Waals surface area contributed by atoms with Crippen molar-refractivity contribution in [3.8, 4) is 5.75 Å². The minimum atomic E-state index is -0.402. The van der Waals surface area contributed by atoms with Crippen LogP contribution in [0.5, 0.6) is 5.75 Å². The summed E-state index contributed by atoms with van der Waals surface area (Å²) >= 11 is 12.7. The van der Waals surface area contributed by atoms with Gasteiger partial charge < -0.3 is 14.8 Å². The van der Waals surface area contributed by atoms with Gasteiger partial charge in [-0.15, -0.1) is 11.3 Å². The van der Waals surface area contributed by atoms with Gasteiger partial charge in [0.15, 0.2) is 11.7 Å². The molecule has 0 fully saturated rings. The number of anilines is 1. The molecule has 0 aliphatic heterocycles. The van der Waals surface area contributed by atoms with Crippen molar-refractivity contribution in [1.29, 1.82) is 0 Å². The van der Waals surface area contributed by atoms with Gasteiger partial charge in [0.05, 0.1) is 12.2 Å². The van der Waals surface area contributed by atoms with E-state index in [1.165, 1.54) is 16.2 Å². The largest absolute Gasteiger partial charge is 0.483 e. The molecule has 2 aromatic rings. The molecule has 0 bridgehead atoms. The van der Waals surface area contributed by atoms with Crippen LogP contribution in [-0.2, 0) is 22.4 Å². The number of ether oxygens (including phenoxy) is 2. The van der Waals surface area contributed by atoms with Gasteiger partial charge in [-0.2, -0.15) is 0 Å². The Balaban J connectivity index is 1.63. The fourth-order valence-electron chi connectivity index (χ4n) is 3.29. The van der Waals surface area contributed by atoms with E-state index in [2.05, 4.69) is 10.6 Å². The standard InChI is InChI=1S/C21H23ClN2O4S2/c1-3-27-20(26)18-14-6-4-5-7-16(14)30-19(18)24-21(29)23-17(25)11-28-15-9-8-13(22)10-12(15)2/h8-10H,3-7,11H2,1-2H3,(H2,23,24,25,29). The van der Waals surface area contributed by atoms with Crippen LogP contribution < -0.4 is 15.4 Å².